The Balaban J connectivity index is 1.36. The zero-order chi connectivity index (χ0) is 26.7. The van der Waals surface area contributed by atoms with Gasteiger partial charge in [-0.3, -0.25) is 9.71 Å². The molecule has 0 aliphatic rings. The number of pyridine rings is 1. The molecular weight excluding hydrogens is 500 g/mol. The molecular formula is C30H26N2O5S. The molecule has 0 amide bonds. The van der Waals surface area contributed by atoms with Crippen LogP contribution in [0.1, 0.15) is 5.56 Å². The summed E-state index contributed by atoms with van der Waals surface area (Å²) in [6, 6.07) is 27.2. The van der Waals surface area contributed by atoms with E-state index in [1.165, 1.54) is 0 Å². The van der Waals surface area contributed by atoms with Crippen LogP contribution in [0.4, 0.5) is 5.69 Å². The smallest absolute Gasteiger partial charge is 0.261 e. The second-order valence-corrected chi connectivity index (χ2v) is 10.3. The van der Waals surface area contributed by atoms with Crippen molar-refractivity contribution >= 4 is 26.6 Å². The van der Waals surface area contributed by atoms with E-state index >= 15 is 0 Å². The number of nitrogens with zero attached hydrogens (tertiary/aromatic N) is 1. The minimum absolute atomic E-state index is 0.185. The molecule has 38 heavy (non-hydrogen) atoms. The first-order valence-corrected chi connectivity index (χ1v) is 13.3. The van der Waals surface area contributed by atoms with E-state index < -0.39 is 10.0 Å². The van der Waals surface area contributed by atoms with E-state index in [1.807, 2.05) is 43.3 Å². The summed E-state index contributed by atoms with van der Waals surface area (Å²) in [6.45, 7) is 1.82. The maximum atomic E-state index is 13.1. The van der Waals surface area contributed by atoms with Gasteiger partial charge in [-0.15, -0.1) is 0 Å². The molecule has 0 atom stereocenters. The van der Waals surface area contributed by atoms with Gasteiger partial charge in [0.25, 0.3) is 10.0 Å². The molecule has 1 N–H and O–H groups in total. The van der Waals surface area contributed by atoms with Crippen molar-refractivity contribution < 1.29 is 22.6 Å². The zero-order valence-electron chi connectivity index (χ0n) is 21.1. The molecule has 0 saturated carbocycles. The maximum Gasteiger partial charge on any atom is 0.261 e. The van der Waals surface area contributed by atoms with Gasteiger partial charge in [0.2, 0.25) is 0 Å². The number of benzene rings is 4. The summed E-state index contributed by atoms with van der Waals surface area (Å²) < 4.78 is 45.8. The van der Waals surface area contributed by atoms with Gasteiger partial charge in [0.15, 0.2) is 11.5 Å². The second-order valence-electron chi connectivity index (χ2n) is 8.61. The molecule has 0 aliphatic heterocycles. The summed E-state index contributed by atoms with van der Waals surface area (Å²) in [5, 5.41) is 0.756. The molecule has 8 heteroatoms. The van der Waals surface area contributed by atoms with Crippen LogP contribution in [-0.2, 0) is 10.0 Å². The van der Waals surface area contributed by atoms with Gasteiger partial charge in [-0.05, 0) is 66.1 Å². The molecule has 7 nitrogen and oxygen atoms in total. The fraction of sp³-hybridized carbons (Fsp3) is 0.100. The van der Waals surface area contributed by atoms with Crippen molar-refractivity contribution in [1.29, 1.82) is 0 Å². The van der Waals surface area contributed by atoms with Crippen LogP contribution in [0.3, 0.4) is 0 Å². The number of fused-ring (bicyclic) bond motifs is 1. The van der Waals surface area contributed by atoms with Gasteiger partial charge in [0.1, 0.15) is 11.5 Å². The van der Waals surface area contributed by atoms with E-state index in [9.17, 15) is 8.42 Å². The first-order chi connectivity index (χ1) is 18.4. The third kappa shape index (κ3) is 5.12. The fourth-order valence-corrected chi connectivity index (χ4v) is 5.27. The highest BCUT2D eigenvalue weighted by Gasteiger charge is 2.17. The Kier molecular flexibility index (Phi) is 6.89. The first kappa shape index (κ1) is 25.1. The van der Waals surface area contributed by atoms with Crippen molar-refractivity contribution in [3.8, 4) is 34.1 Å². The van der Waals surface area contributed by atoms with Crippen LogP contribution < -0.4 is 18.9 Å². The summed E-state index contributed by atoms with van der Waals surface area (Å²) in [7, 11) is -0.632. The Hall–Kier alpha value is -4.56. The SMILES string of the molecule is COc1cc2nccc(Oc3ccc(NS(=O)(=O)c4ccc(-c5ccccc5)cc4)c(C)c3)c2cc1OC. The van der Waals surface area contributed by atoms with E-state index in [-0.39, 0.29) is 4.90 Å². The zero-order valence-corrected chi connectivity index (χ0v) is 22.0. The second kappa shape index (κ2) is 10.4. The average molecular weight is 527 g/mol. The number of aryl methyl sites for hydroxylation is 1. The minimum Gasteiger partial charge on any atom is -0.493 e. The van der Waals surface area contributed by atoms with Gasteiger partial charge in [0.05, 0.1) is 30.3 Å². The number of sulfonamides is 1. The first-order valence-electron chi connectivity index (χ1n) is 11.9. The van der Waals surface area contributed by atoms with E-state index in [1.54, 1.807) is 75.0 Å². The third-order valence-electron chi connectivity index (χ3n) is 6.15. The molecule has 0 spiro atoms. The summed E-state index contributed by atoms with van der Waals surface area (Å²) in [5.74, 6) is 2.28. The van der Waals surface area contributed by atoms with Gasteiger partial charge in [-0.25, -0.2) is 8.42 Å². The van der Waals surface area contributed by atoms with Crippen LogP contribution in [0.2, 0.25) is 0 Å². The van der Waals surface area contributed by atoms with Crippen LogP contribution in [0.5, 0.6) is 23.0 Å². The number of hydrogen-bond acceptors (Lipinski definition) is 6. The van der Waals surface area contributed by atoms with Crippen molar-refractivity contribution in [3.63, 3.8) is 0 Å². The monoisotopic (exact) mass is 526 g/mol. The number of ether oxygens (including phenoxy) is 3. The highest BCUT2D eigenvalue weighted by Crippen LogP contribution is 2.37. The lowest BCUT2D eigenvalue weighted by molar-refractivity contribution is 0.355. The predicted octanol–water partition coefficient (Wildman–Crippen LogP) is 6.82. The van der Waals surface area contributed by atoms with Crippen LogP contribution in [0.15, 0.2) is 102 Å². The van der Waals surface area contributed by atoms with Crippen molar-refractivity contribution in [2.45, 2.75) is 11.8 Å². The third-order valence-corrected chi connectivity index (χ3v) is 7.53. The van der Waals surface area contributed by atoms with E-state index in [2.05, 4.69) is 9.71 Å². The lowest BCUT2D eigenvalue weighted by atomic mass is 10.1. The maximum absolute atomic E-state index is 13.1. The lowest BCUT2D eigenvalue weighted by Crippen LogP contribution is -2.13. The molecule has 192 valence electrons. The topological polar surface area (TPSA) is 86.8 Å². The number of rotatable bonds is 8. The summed E-state index contributed by atoms with van der Waals surface area (Å²) in [6.07, 6.45) is 1.65. The van der Waals surface area contributed by atoms with Gasteiger partial charge in [0, 0.05) is 17.6 Å². The van der Waals surface area contributed by atoms with E-state index in [4.69, 9.17) is 14.2 Å². The van der Waals surface area contributed by atoms with E-state index in [0.29, 0.717) is 39.8 Å². The number of anilines is 1. The molecule has 0 saturated heterocycles. The van der Waals surface area contributed by atoms with Crippen LogP contribution in [0, 0.1) is 6.92 Å². The molecule has 0 fully saturated rings. The summed E-state index contributed by atoms with van der Waals surface area (Å²) in [4.78, 5) is 4.58. The largest absolute Gasteiger partial charge is 0.493 e. The normalized spacial score (nSPS) is 11.2. The number of methoxy groups -OCH3 is 2. The Labute approximate surface area is 221 Å². The Morgan fingerprint density at radius 1 is 0.737 bits per heavy atom. The molecule has 0 radical (unpaired) electrons. The molecule has 0 aliphatic carbocycles. The van der Waals surface area contributed by atoms with Crippen LogP contribution >= 0.6 is 0 Å². The molecule has 5 rings (SSSR count). The standard InChI is InChI=1S/C30H26N2O5S/c1-20-17-23(37-28-15-16-31-27-19-30(36-3)29(35-2)18-25(27)28)11-14-26(20)32-38(33,34)24-12-9-22(10-13-24)21-7-5-4-6-8-21/h4-19,32H,1-3H3. The number of hydrogen-bond donors (Lipinski definition) is 1. The highest BCUT2D eigenvalue weighted by molar-refractivity contribution is 7.92. The van der Waals surface area contributed by atoms with Crippen molar-refractivity contribution in [1.82, 2.24) is 4.98 Å². The summed E-state index contributed by atoms with van der Waals surface area (Å²) >= 11 is 0. The highest BCUT2D eigenvalue weighted by atomic mass is 32.2. The average Bonchev–Trinajstić information content (AvgIpc) is 2.94. The Morgan fingerprint density at radius 2 is 1.42 bits per heavy atom. The molecule has 1 aromatic heterocycles. The van der Waals surface area contributed by atoms with Gasteiger partial charge in [-0.1, -0.05) is 42.5 Å². The van der Waals surface area contributed by atoms with Crippen molar-refractivity contribution in [2.24, 2.45) is 0 Å². The van der Waals surface area contributed by atoms with E-state index in [0.717, 1.165) is 16.5 Å². The molecule has 0 unspecified atom stereocenters. The minimum atomic E-state index is -3.77. The predicted molar refractivity (Wildman–Crippen MR) is 149 cm³/mol. The fourth-order valence-electron chi connectivity index (χ4n) is 4.14. The molecule has 4 aromatic carbocycles. The van der Waals surface area contributed by atoms with Crippen LogP contribution in [0.25, 0.3) is 22.0 Å². The van der Waals surface area contributed by atoms with Crippen molar-refractivity contribution in [2.75, 3.05) is 18.9 Å². The van der Waals surface area contributed by atoms with Gasteiger partial charge in [-0.2, -0.15) is 0 Å². The quantitative estimate of drug-likeness (QED) is 0.239. The van der Waals surface area contributed by atoms with Gasteiger partial charge < -0.3 is 14.2 Å². The molecule has 0 bridgehead atoms. The van der Waals surface area contributed by atoms with Crippen LogP contribution in [-0.4, -0.2) is 27.6 Å². The summed E-state index contributed by atoms with van der Waals surface area (Å²) in [5.41, 5.74) is 3.84. The Bertz CT molecular complexity index is 1700. The number of nitrogens with one attached hydrogen (secondary N) is 1. The van der Waals surface area contributed by atoms with Crippen molar-refractivity contribution in [3.05, 3.63) is 103 Å². The van der Waals surface area contributed by atoms with Gasteiger partial charge >= 0.3 is 0 Å². The molecule has 5 aromatic rings. The molecule has 1 heterocycles. The Morgan fingerprint density at radius 3 is 2.11 bits per heavy atom. The number of aromatic nitrogens is 1. The lowest BCUT2D eigenvalue weighted by Gasteiger charge is -2.14.